The minimum Gasteiger partial charge on any atom is -0.0622 e. The Morgan fingerprint density at radius 1 is 0.271 bits per heavy atom. The van der Waals surface area contributed by atoms with Crippen LogP contribution in [0.1, 0.15) is 26.3 Å². The third-order valence-corrected chi connectivity index (χ3v) is 9.64. The summed E-state index contributed by atoms with van der Waals surface area (Å²) >= 11 is 0. The van der Waals surface area contributed by atoms with Crippen molar-refractivity contribution in [2.45, 2.75) is 26.2 Å². The third-order valence-electron chi connectivity index (χ3n) is 9.64. The standard InChI is InChI=1S/C48H38/c1-48(2,3)41-29-27-34(28-30-41)33-23-25-35(26-24-33)37-15-11-16-38(31-37)39-17-12-18-40(32-39)47-44-21-9-7-19-42(44)46(36-13-5-4-6-14-36)43-20-8-10-22-45(43)47/h4-32H,1-3H3. The summed E-state index contributed by atoms with van der Waals surface area (Å²) in [5, 5.41) is 5.10. The average Bonchev–Trinajstić information content (AvgIpc) is 3.14. The third kappa shape index (κ3) is 5.50. The molecule has 0 aliphatic heterocycles. The van der Waals surface area contributed by atoms with Crippen molar-refractivity contribution >= 4 is 21.5 Å². The fourth-order valence-corrected chi connectivity index (χ4v) is 7.11. The lowest BCUT2D eigenvalue weighted by Gasteiger charge is -2.19. The van der Waals surface area contributed by atoms with Crippen molar-refractivity contribution in [2.24, 2.45) is 0 Å². The van der Waals surface area contributed by atoms with E-state index in [4.69, 9.17) is 0 Å². The van der Waals surface area contributed by atoms with Crippen LogP contribution in [0.2, 0.25) is 0 Å². The van der Waals surface area contributed by atoms with Gasteiger partial charge in [-0.2, -0.15) is 0 Å². The van der Waals surface area contributed by atoms with Crippen molar-refractivity contribution in [3.05, 3.63) is 181 Å². The Morgan fingerprint density at radius 3 is 1.08 bits per heavy atom. The quantitative estimate of drug-likeness (QED) is 0.169. The fraction of sp³-hybridized carbons (Fsp3) is 0.0833. The lowest BCUT2D eigenvalue weighted by atomic mass is 9.85. The van der Waals surface area contributed by atoms with Gasteiger partial charge in [-0.3, -0.25) is 0 Å². The Morgan fingerprint density at radius 2 is 0.604 bits per heavy atom. The summed E-state index contributed by atoms with van der Waals surface area (Å²) in [6, 6.07) is 64.5. The van der Waals surface area contributed by atoms with Gasteiger partial charge in [-0.05, 0) is 100 Å². The van der Waals surface area contributed by atoms with Crippen LogP contribution in [0.15, 0.2) is 176 Å². The van der Waals surface area contributed by atoms with Crippen LogP contribution < -0.4 is 0 Å². The van der Waals surface area contributed by atoms with Crippen molar-refractivity contribution in [3.63, 3.8) is 0 Å². The zero-order chi connectivity index (χ0) is 32.7. The molecule has 0 heteroatoms. The first-order chi connectivity index (χ1) is 23.4. The molecule has 0 fully saturated rings. The molecule has 0 heterocycles. The predicted octanol–water partition coefficient (Wildman–Crippen LogP) is 13.6. The lowest BCUT2D eigenvalue weighted by Crippen LogP contribution is -2.10. The van der Waals surface area contributed by atoms with E-state index in [1.165, 1.54) is 82.7 Å². The maximum atomic E-state index is 2.36. The molecule has 0 radical (unpaired) electrons. The maximum Gasteiger partial charge on any atom is -0.00262 e. The Bertz CT molecular complexity index is 2330. The second kappa shape index (κ2) is 12.1. The van der Waals surface area contributed by atoms with Crippen LogP contribution in [-0.4, -0.2) is 0 Å². The minimum absolute atomic E-state index is 0.154. The Hall–Kier alpha value is -5.72. The van der Waals surface area contributed by atoms with E-state index in [-0.39, 0.29) is 5.41 Å². The molecular formula is C48H38. The lowest BCUT2D eigenvalue weighted by molar-refractivity contribution is 0.590. The second-order valence-electron chi connectivity index (χ2n) is 13.8. The molecule has 0 unspecified atom stereocenters. The second-order valence-corrected chi connectivity index (χ2v) is 13.8. The number of fused-ring (bicyclic) bond motifs is 2. The number of hydrogen-bond donors (Lipinski definition) is 0. The van der Waals surface area contributed by atoms with Crippen molar-refractivity contribution in [1.29, 1.82) is 0 Å². The van der Waals surface area contributed by atoms with Crippen molar-refractivity contribution in [2.75, 3.05) is 0 Å². The van der Waals surface area contributed by atoms with Crippen molar-refractivity contribution in [3.8, 4) is 55.6 Å². The molecule has 0 saturated heterocycles. The molecule has 0 bridgehead atoms. The number of benzene rings is 8. The average molecular weight is 615 g/mol. The molecule has 0 saturated carbocycles. The zero-order valence-corrected chi connectivity index (χ0v) is 27.7. The highest BCUT2D eigenvalue weighted by molar-refractivity contribution is 6.21. The summed E-state index contributed by atoms with van der Waals surface area (Å²) in [7, 11) is 0. The summed E-state index contributed by atoms with van der Waals surface area (Å²) < 4.78 is 0. The molecule has 8 aromatic carbocycles. The topological polar surface area (TPSA) is 0 Å². The van der Waals surface area contributed by atoms with Gasteiger partial charge in [0.05, 0.1) is 0 Å². The number of rotatable bonds is 5. The Balaban J connectivity index is 1.18. The highest BCUT2D eigenvalue weighted by atomic mass is 14.2. The summed E-state index contributed by atoms with van der Waals surface area (Å²) in [5.74, 6) is 0. The van der Waals surface area contributed by atoms with Crippen LogP contribution in [0.4, 0.5) is 0 Å². The van der Waals surface area contributed by atoms with Gasteiger partial charge in [0.1, 0.15) is 0 Å². The molecule has 0 aliphatic rings. The van der Waals surface area contributed by atoms with Gasteiger partial charge in [0, 0.05) is 0 Å². The molecule has 0 amide bonds. The molecule has 8 aromatic rings. The van der Waals surface area contributed by atoms with Crippen molar-refractivity contribution in [1.82, 2.24) is 0 Å². The maximum absolute atomic E-state index is 2.36. The first kappa shape index (κ1) is 29.7. The molecule has 48 heavy (non-hydrogen) atoms. The smallest absolute Gasteiger partial charge is 0.00262 e. The molecule has 0 N–H and O–H groups in total. The van der Waals surface area contributed by atoms with Gasteiger partial charge in [-0.25, -0.2) is 0 Å². The molecule has 230 valence electrons. The summed E-state index contributed by atoms with van der Waals surface area (Å²) in [6.07, 6.45) is 0. The molecule has 0 spiro atoms. The van der Waals surface area contributed by atoms with Crippen LogP contribution in [0.3, 0.4) is 0 Å². The molecular weight excluding hydrogens is 577 g/mol. The van der Waals surface area contributed by atoms with E-state index in [1.54, 1.807) is 0 Å². The number of hydrogen-bond acceptors (Lipinski definition) is 0. The zero-order valence-electron chi connectivity index (χ0n) is 27.7. The van der Waals surface area contributed by atoms with E-state index in [0.29, 0.717) is 0 Å². The first-order valence-electron chi connectivity index (χ1n) is 16.9. The van der Waals surface area contributed by atoms with E-state index in [2.05, 4.69) is 197 Å². The van der Waals surface area contributed by atoms with E-state index in [0.717, 1.165) is 0 Å². The van der Waals surface area contributed by atoms with Crippen LogP contribution in [0.5, 0.6) is 0 Å². The van der Waals surface area contributed by atoms with Crippen LogP contribution >= 0.6 is 0 Å². The predicted molar refractivity (Wildman–Crippen MR) is 207 cm³/mol. The summed E-state index contributed by atoms with van der Waals surface area (Å²) in [6.45, 7) is 6.77. The SMILES string of the molecule is CC(C)(C)c1ccc(-c2ccc(-c3cccc(-c4cccc(-c5c6ccccc6c(-c6ccccc6)c6ccccc56)c4)c3)cc2)cc1. The summed E-state index contributed by atoms with van der Waals surface area (Å²) in [5.41, 5.74) is 13.9. The van der Waals surface area contributed by atoms with E-state index in [1.807, 2.05) is 0 Å². The largest absolute Gasteiger partial charge is 0.0622 e. The first-order valence-corrected chi connectivity index (χ1v) is 16.9. The highest BCUT2D eigenvalue weighted by Gasteiger charge is 2.17. The minimum atomic E-state index is 0.154. The fourth-order valence-electron chi connectivity index (χ4n) is 7.11. The van der Waals surface area contributed by atoms with Gasteiger partial charge < -0.3 is 0 Å². The van der Waals surface area contributed by atoms with Gasteiger partial charge in [-0.1, -0.05) is 185 Å². The Labute approximate surface area is 284 Å². The molecule has 0 aromatic heterocycles. The monoisotopic (exact) mass is 614 g/mol. The molecule has 0 nitrogen and oxygen atoms in total. The van der Waals surface area contributed by atoms with Gasteiger partial charge in [-0.15, -0.1) is 0 Å². The van der Waals surface area contributed by atoms with Gasteiger partial charge in [0.15, 0.2) is 0 Å². The van der Waals surface area contributed by atoms with Crippen LogP contribution in [0, 0.1) is 0 Å². The van der Waals surface area contributed by atoms with Crippen molar-refractivity contribution < 1.29 is 0 Å². The van der Waals surface area contributed by atoms with Gasteiger partial charge in [0.25, 0.3) is 0 Å². The molecule has 0 atom stereocenters. The van der Waals surface area contributed by atoms with E-state index < -0.39 is 0 Å². The van der Waals surface area contributed by atoms with Gasteiger partial charge >= 0.3 is 0 Å². The molecule has 0 aliphatic carbocycles. The summed E-state index contributed by atoms with van der Waals surface area (Å²) in [4.78, 5) is 0. The van der Waals surface area contributed by atoms with Gasteiger partial charge in [0.2, 0.25) is 0 Å². The van der Waals surface area contributed by atoms with E-state index in [9.17, 15) is 0 Å². The highest BCUT2D eigenvalue weighted by Crippen LogP contribution is 2.44. The van der Waals surface area contributed by atoms with Crippen LogP contribution in [0.25, 0.3) is 77.2 Å². The van der Waals surface area contributed by atoms with E-state index >= 15 is 0 Å². The molecule has 8 rings (SSSR count). The normalized spacial score (nSPS) is 11.6. The van der Waals surface area contributed by atoms with Crippen LogP contribution in [-0.2, 0) is 5.41 Å². The Kier molecular flexibility index (Phi) is 7.50.